The van der Waals surface area contributed by atoms with E-state index >= 15 is 0 Å². The highest BCUT2D eigenvalue weighted by atomic mass is 35.5. The summed E-state index contributed by atoms with van der Waals surface area (Å²) in [7, 11) is -0.174. The van der Waals surface area contributed by atoms with E-state index in [0.717, 1.165) is 0 Å². The zero-order chi connectivity index (χ0) is 15.6. The molecule has 0 atom stereocenters. The lowest BCUT2D eigenvalue weighted by Gasteiger charge is -2.12. The molecule has 0 bridgehead atoms. The van der Waals surface area contributed by atoms with Crippen LogP contribution in [0.15, 0.2) is 24.3 Å². The Morgan fingerprint density at radius 2 is 1.00 bits per heavy atom. The molecule has 0 aliphatic carbocycles. The van der Waals surface area contributed by atoms with E-state index in [1.54, 1.807) is 0 Å². The second-order valence-corrected chi connectivity index (χ2v) is 6.25. The summed E-state index contributed by atoms with van der Waals surface area (Å²) in [6.45, 7) is 0. The lowest BCUT2D eigenvalue weighted by molar-refractivity contribution is 0.459. The first-order valence-electron chi connectivity index (χ1n) is 5.43. The summed E-state index contributed by atoms with van der Waals surface area (Å²) in [5.41, 5.74) is 0. The minimum atomic E-state index is -0.174. The molecule has 0 saturated carbocycles. The third kappa shape index (κ3) is 4.41. The van der Waals surface area contributed by atoms with Crippen molar-refractivity contribution in [2.45, 2.75) is 0 Å². The fourth-order valence-electron chi connectivity index (χ4n) is 1.43. The first-order chi connectivity index (χ1) is 9.88. The summed E-state index contributed by atoms with van der Waals surface area (Å²) >= 11 is 35.5. The zero-order valence-corrected chi connectivity index (χ0v) is 14.6. The number of hydrogen-bond acceptors (Lipinski definition) is 2. The Morgan fingerprint density at radius 1 is 0.619 bits per heavy atom. The van der Waals surface area contributed by atoms with E-state index in [4.69, 9.17) is 78.9 Å². The molecule has 0 heterocycles. The fraction of sp³-hybridized carbons (Fsp3) is 0. The Labute approximate surface area is 152 Å². The minimum Gasteiger partial charge on any atom is -0.527 e. The molecule has 0 spiro atoms. The largest absolute Gasteiger partial charge is 0.576 e. The number of halogens is 6. The van der Waals surface area contributed by atoms with Crippen LogP contribution in [0.25, 0.3) is 0 Å². The molecule has 21 heavy (non-hydrogen) atoms. The summed E-state index contributed by atoms with van der Waals surface area (Å²) in [6, 6.07) is 6.05. The van der Waals surface area contributed by atoms with Gasteiger partial charge in [-0.15, -0.1) is 0 Å². The molecule has 2 nitrogen and oxygen atoms in total. The monoisotopic (exact) mass is 402 g/mol. The summed E-state index contributed by atoms with van der Waals surface area (Å²) in [5.74, 6) is 0.580. The fourth-order valence-corrected chi connectivity index (χ4v) is 2.71. The minimum absolute atomic E-state index is 0.174. The predicted octanol–water partition coefficient (Wildman–Crippen LogP) is 6.33. The molecule has 0 aliphatic heterocycles. The van der Waals surface area contributed by atoms with Crippen molar-refractivity contribution in [3.05, 3.63) is 54.4 Å². The Morgan fingerprint density at radius 3 is 1.38 bits per heavy atom. The van der Waals surface area contributed by atoms with Gasteiger partial charge in [-0.1, -0.05) is 69.6 Å². The van der Waals surface area contributed by atoms with E-state index in [1.807, 2.05) is 0 Å². The topological polar surface area (TPSA) is 18.5 Å². The van der Waals surface area contributed by atoms with Crippen LogP contribution in [0.4, 0.5) is 0 Å². The smallest absolute Gasteiger partial charge is 0.527 e. The van der Waals surface area contributed by atoms with Crippen LogP contribution in [-0.4, -0.2) is 7.69 Å². The molecule has 9 heteroatoms. The van der Waals surface area contributed by atoms with Crippen LogP contribution in [0.5, 0.6) is 11.5 Å². The van der Waals surface area contributed by atoms with Crippen molar-refractivity contribution >= 4 is 77.3 Å². The maximum Gasteiger partial charge on any atom is 0.576 e. The van der Waals surface area contributed by atoms with Crippen LogP contribution < -0.4 is 9.31 Å². The second kappa shape index (κ2) is 7.41. The third-order valence-corrected chi connectivity index (χ3v) is 4.35. The van der Waals surface area contributed by atoms with Crippen LogP contribution >= 0.6 is 69.6 Å². The van der Waals surface area contributed by atoms with Crippen molar-refractivity contribution in [3.8, 4) is 11.5 Å². The van der Waals surface area contributed by atoms with E-state index in [1.165, 1.54) is 24.3 Å². The van der Waals surface area contributed by atoms with Gasteiger partial charge in [-0.2, -0.15) is 0 Å². The number of rotatable bonds is 4. The molecule has 0 unspecified atom stereocenters. The van der Waals surface area contributed by atoms with Gasteiger partial charge in [-0.05, 0) is 24.3 Å². The molecular weight excluding hydrogens is 400 g/mol. The van der Waals surface area contributed by atoms with Gasteiger partial charge >= 0.3 is 7.69 Å². The van der Waals surface area contributed by atoms with Crippen molar-refractivity contribution in [1.82, 2.24) is 0 Å². The molecule has 0 radical (unpaired) electrons. The Balaban J connectivity index is 2.09. The maximum atomic E-state index is 5.99. The number of benzene rings is 2. The number of hydrogen-bond donors (Lipinski definition) is 0. The molecule has 0 N–H and O–H groups in total. The zero-order valence-electron chi connectivity index (χ0n) is 10.1. The van der Waals surface area contributed by atoms with E-state index in [9.17, 15) is 0 Å². The second-order valence-electron chi connectivity index (χ2n) is 3.81. The van der Waals surface area contributed by atoms with Crippen molar-refractivity contribution in [2.24, 2.45) is 0 Å². The van der Waals surface area contributed by atoms with Gasteiger partial charge in [0.15, 0.2) is 0 Å². The summed E-state index contributed by atoms with van der Waals surface area (Å²) < 4.78 is 10.7. The van der Waals surface area contributed by atoms with Gasteiger partial charge in [-0.25, -0.2) is 0 Å². The van der Waals surface area contributed by atoms with Crippen LogP contribution in [0.1, 0.15) is 0 Å². The molecule has 0 amide bonds. The molecule has 0 fully saturated rings. The summed E-state index contributed by atoms with van der Waals surface area (Å²) in [5, 5.41) is 1.82. The van der Waals surface area contributed by atoms with Crippen LogP contribution in [0, 0.1) is 0 Å². The summed E-state index contributed by atoms with van der Waals surface area (Å²) in [4.78, 5) is 0. The van der Waals surface area contributed by atoms with E-state index in [0.29, 0.717) is 21.5 Å². The molecule has 2 rings (SSSR count). The van der Waals surface area contributed by atoms with Gasteiger partial charge in [0, 0.05) is 10.0 Å². The van der Waals surface area contributed by atoms with Crippen molar-refractivity contribution in [3.63, 3.8) is 0 Å². The highest BCUT2D eigenvalue weighted by molar-refractivity contribution is 6.45. The molecule has 2 aromatic rings. The maximum absolute atomic E-state index is 5.99. The highest BCUT2D eigenvalue weighted by Gasteiger charge is 2.12. The van der Waals surface area contributed by atoms with Gasteiger partial charge < -0.3 is 9.31 Å². The predicted molar refractivity (Wildman–Crippen MR) is 91.3 cm³/mol. The van der Waals surface area contributed by atoms with Crippen molar-refractivity contribution in [2.75, 3.05) is 0 Å². The lowest BCUT2D eigenvalue weighted by atomic mass is 10.3. The quantitative estimate of drug-likeness (QED) is 0.438. The van der Waals surface area contributed by atoms with E-state index < -0.39 is 0 Å². The van der Waals surface area contributed by atoms with Crippen molar-refractivity contribution < 1.29 is 9.31 Å². The standard InChI is InChI=1S/C12H5BCl6O2/c14-5-1-7(16)11(18)9(3-5)20-13-21-10-4-6(15)2-8(17)12(10)19/h1-4,13H. The summed E-state index contributed by atoms with van der Waals surface area (Å²) in [6.07, 6.45) is 0. The molecule has 110 valence electrons. The Bertz CT molecular complexity index is 622. The lowest BCUT2D eigenvalue weighted by Crippen LogP contribution is -2.11. The van der Waals surface area contributed by atoms with Gasteiger partial charge in [-0.3, -0.25) is 0 Å². The van der Waals surface area contributed by atoms with Crippen LogP contribution in [0.2, 0.25) is 30.1 Å². The van der Waals surface area contributed by atoms with Gasteiger partial charge in [0.2, 0.25) is 0 Å². The first kappa shape index (κ1) is 17.2. The van der Waals surface area contributed by atoms with Gasteiger partial charge in [0.25, 0.3) is 0 Å². The molecule has 0 aliphatic rings. The molecule has 0 saturated heterocycles. The van der Waals surface area contributed by atoms with E-state index in [-0.39, 0.29) is 27.8 Å². The molecule has 0 aromatic heterocycles. The van der Waals surface area contributed by atoms with Crippen LogP contribution in [0.3, 0.4) is 0 Å². The Hall–Kier alpha value is -0.155. The average Bonchev–Trinajstić information content (AvgIpc) is 2.40. The Kier molecular flexibility index (Phi) is 6.07. The molecular formula is C12H5BCl6O2. The third-order valence-electron chi connectivity index (χ3n) is 2.35. The SMILES string of the molecule is Clc1cc(Cl)c(Cl)c(OBOc2cc(Cl)cc(Cl)c2Cl)c1. The van der Waals surface area contributed by atoms with Gasteiger partial charge in [0.05, 0.1) is 20.1 Å². The van der Waals surface area contributed by atoms with Gasteiger partial charge in [0.1, 0.15) is 11.5 Å². The van der Waals surface area contributed by atoms with Crippen molar-refractivity contribution in [1.29, 1.82) is 0 Å². The van der Waals surface area contributed by atoms with E-state index in [2.05, 4.69) is 0 Å². The van der Waals surface area contributed by atoms with Crippen LogP contribution in [-0.2, 0) is 0 Å². The first-order valence-corrected chi connectivity index (χ1v) is 7.70. The molecule has 2 aromatic carbocycles. The average molecular weight is 405 g/mol. The normalized spacial score (nSPS) is 10.4. The highest BCUT2D eigenvalue weighted by Crippen LogP contribution is 2.36.